The van der Waals surface area contributed by atoms with E-state index < -0.39 is 0 Å². The Hall–Kier alpha value is -1.31. The summed E-state index contributed by atoms with van der Waals surface area (Å²) in [6.07, 6.45) is 0. The Kier molecular flexibility index (Phi) is 4.06. The molecule has 1 N–H and O–H groups in total. The van der Waals surface area contributed by atoms with Crippen molar-refractivity contribution in [2.45, 2.75) is 38.8 Å². The molecular formula is C21H26ClN. The highest BCUT2D eigenvalue weighted by Crippen LogP contribution is 2.69. The van der Waals surface area contributed by atoms with Gasteiger partial charge in [-0.2, -0.15) is 0 Å². The van der Waals surface area contributed by atoms with E-state index in [0.29, 0.717) is 16.9 Å². The summed E-state index contributed by atoms with van der Waals surface area (Å²) in [6.45, 7) is 9.91. The van der Waals surface area contributed by atoms with Gasteiger partial charge in [0.15, 0.2) is 0 Å². The minimum Gasteiger partial charge on any atom is -1.00 e. The van der Waals surface area contributed by atoms with E-state index in [0.717, 1.165) is 12.5 Å². The van der Waals surface area contributed by atoms with Gasteiger partial charge in [-0.1, -0.05) is 74.5 Å². The first-order chi connectivity index (χ1) is 10.6. The van der Waals surface area contributed by atoms with Crippen molar-refractivity contribution >= 4 is 0 Å². The summed E-state index contributed by atoms with van der Waals surface area (Å²) in [5, 5.41) is 0. The lowest BCUT2D eigenvalue weighted by Crippen LogP contribution is -3.15. The van der Waals surface area contributed by atoms with Crippen LogP contribution in [0.2, 0.25) is 0 Å². The van der Waals surface area contributed by atoms with Crippen LogP contribution in [0, 0.1) is 11.3 Å². The van der Waals surface area contributed by atoms with Crippen molar-refractivity contribution in [1.82, 2.24) is 0 Å². The number of quaternary nitrogens is 1. The number of nitrogens with one attached hydrogen (secondary N) is 1. The van der Waals surface area contributed by atoms with E-state index in [1.807, 2.05) is 0 Å². The molecule has 0 bridgehead atoms. The van der Waals surface area contributed by atoms with Gasteiger partial charge in [0.05, 0.1) is 6.54 Å². The monoisotopic (exact) mass is 327 g/mol. The zero-order valence-electron chi connectivity index (χ0n) is 14.2. The van der Waals surface area contributed by atoms with Crippen molar-refractivity contribution < 1.29 is 17.3 Å². The Morgan fingerprint density at radius 1 is 0.957 bits per heavy atom. The smallest absolute Gasteiger partial charge is 0.105 e. The van der Waals surface area contributed by atoms with E-state index in [2.05, 4.69) is 81.4 Å². The fourth-order valence-corrected chi connectivity index (χ4v) is 5.36. The molecule has 23 heavy (non-hydrogen) atoms. The van der Waals surface area contributed by atoms with Gasteiger partial charge in [0.2, 0.25) is 0 Å². The number of halogens is 1. The summed E-state index contributed by atoms with van der Waals surface area (Å²) < 4.78 is 0. The third kappa shape index (κ3) is 2.17. The molecule has 2 aromatic carbocycles. The summed E-state index contributed by atoms with van der Waals surface area (Å²) in [5.41, 5.74) is 3.86. The average molecular weight is 328 g/mol. The van der Waals surface area contributed by atoms with E-state index in [9.17, 15) is 0 Å². The fraction of sp³-hybridized carbons (Fsp3) is 0.429. The third-order valence-corrected chi connectivity index (χ3v) is 7.17. The summed E-state index contributed by atoms with van der Waals surface area (Å²) in [6, 6.07) is 22.2. The molecule has 1 aliphatic heterocycles. The molecule has 1 saturated carbocycles. The Labute approximate surface area is 146 Å². The van der Waals surface area contributed by atoms with Gasteiger partial charge in [0.25, 0.3) is 0 Å². The van der Waals surface area contributed by atoms with Crippen LogP contribution in [-0.2, 0) is 6.54 Å². The molecule has 1 aliphatic carbocycles. The van der Waals surface area contributed by atoms with E-state index in [-0.39, 0.29) is 12.4 Å². The molecule has 1 heterocycles. The first-order valence-electron chi connectivity index (χ1n) is 8.52. The number of hydrogen-bond donors (Lipinski definition) is 1. The lowest BCUT2D eigenvalue weighted by atomic mass is 9.83. The molecular weight excluding hydrogens is 302 g/mol. The first kappa shape index (κ1) is 16.5. The van der Waals surface area contributed by atoms with Crippen LogP contribution in [0.15, 0.2) is 60.7 Å². The Morgan fingerprint density at radius 3 is 2.13 bits per heavy atom. The molecule has 2 aromatic rings. The highest BCUT2D eigenvalue weighted by Gasteiger charge is 2.82. The molecule has 5 atom stereocenters. The van der Waals surface area contributed by atoms with Gasteiger partial charge in [-0.3, -0.25) is 0 Å². The minimum absolute atomic E-state index is 0. The molecule has 1 saturated heterocycles. The predicted molar refractivity (Wildman–Crippen MR) is 90.8 cm³/mol. The summed E-state index contributed by atoms with van der Waals surface area (Å²) in [7, 11) is 0. The Bertz CT molecular complexity index is 671. The Morgan fingerprint density at radius 2 is 1.52 bits per heavy atom. The molecule has 4 rings (SSSR count). The second kappa shape index (κ2) is 5.65. The molecule has 0 spiro atoms. The highest BCUT2D eigenvalue weighted by atomic mass is 35.5. The molecule has 2 aliphatic rings. The van der Waals surface area contributed by atoms with Crippen LogP contribution >= 0.6 is 0 Å². The summed E-state index contributed by atoms with van der Waals surface area (Å²) in [4.78, 5) is 1.77. The second-order valence-corrected chi connectivity index (χ2v) is 7.64. The summed E-state index contributed by atoms with van der Waals surface area (Å²) in [5.74, 6) is 1.48. The van der Waals surface area contributed by atoms with Gasteiger partial charge in [-0.05, 0) is 12.5 Å². The van der Waals surface area contributed by atoms with Crippen molar-refractivity contribution in [1.29, 1.82) is 0 Å². The van der Waals surface area contributed by atoms with Gasteiger partial charge >= 0.3 is 0 Å². The van der Waals surface area contributed by atoms with Gasteiger partial charge in [0.1, 0.15) is 12.1 Å². The lowest BCUT2D eigenvalue weighted by Gasteiger charge is -2.25. The number of hydrogen-bond acceptors (Lipinski definition) is 0. The van der Waals surface area contributed by atoms with E-state index in [4.69, 9.17) is 0 Å². The summed E-state index contributed by atoms with van der Waals surface area (Å²) >= 11 is 0. The van der Waals surface area contributed by atoms with Crippen LogP contribution < -0.4 is 17.3 Å². The molecule has 1 nitrogen and oxygen atoms in total. The van der Waals surface area contributed by atoms with Crippen LogP contribution in [0.3, 0.4) is 0 Å². The van der Waals surface area contributed by atoms with Crippen molar-refractivity contribution in [2.75, 3.05) is 6.54 Å². The number of rotatable bonds is 3. The fourth-order valence-electron chi connectivity index (χ4n) is 5.36. The topological polar surface area (TPSA) is 4.44 Å². The molecule has 0 radical (unpaired) electrons. The maximum absolute atomic E-state index is 2.52. The van der Waals surface area contributed by atoms with Crippen molar-refractivity contribution in [2.24, 2.45) is 11.3 Å². The largest absolute Gasteiger partial charge is 1.00 e. The molecule has 0 aromatic heterocycles. The van der Waals surface area contributed by atoms with Crippen molar-refractivity contribution in [3.05, 3.63) is 71.8 Å². The van der Waals surface area contributed by atoms with Gasteiger partial charge < -0.3 is 17.3 Å². The van der Waals surface area contributed by atoms with E-state index in [1.54, 1.807) is 4.90 Å². The molecule has 1 unspecified atom stereocenters. The van der Waals surface area contributed by atoms with Crippen LogP contribution in [0.5, 0.6) is 0 Å². The SMILES string of the molecule is C[C@@H]1[C@]2(C)[C@H](c3ccccc3)C[NH+](Cc3ccccc3)[C@]12C.[Cl-]. The van der Waals surface area contributed by atoms with Crippen molar-refractivity contribution in [3.8, 4) is 0 Å². The van der Waals surface area contributed by atoms with Gasteiger partial charge in [-0.25, -0.2) is 0 Å². The number of likely N-dealkylation sites (tertiary alicyclic amines) is 1. The maximum atomic E-state index is 2.52. The van der Waals surface area contributed by atoms with Crippen LogP contribution in [0.1, 0.15) is 37.8 Å². The van der Waals surface area contributed by atoms with Gasteiger partial charge in [-0.15, -0.1) is 0 Å². The highest BCUT2D eigenvalue weighted by molar-refractivity contribution is 5.34. The Balaban J connectivity index is 0.00000156. The normalized spacial score (nSPS) is 37.8. The molecule has 2 fully saturated rings. The van der Waals surface area contributed by atoms with Crippen LogP contribution in [-0.4, -0.2) is 12.1 Å². The maximum Gasteiger partial charge on any atom is 0.105 e. The number of piperidine rings is 1. The molecule has 122 valence electrons. The average Bonchev–Trinajstić information content (AvgIpc) is 2.88. The van der Waals surface area contributed by atoms with Crippen LogP contribution in [0.4, 0.5) is 0 Å². The third-order valence-electron chi connectivity index (χ3n) is 7.17. The first-order valence-corrected chi connectivity index (χ1v) is 8.52. The second-order valence-electron chi connectivity index (χ2n) is 7.64. The molecule has 2 heteroatoms. The predicted octanol–water partition coefficient (Wildman–Crippen LogP) is 0.288. The lowest BCUT2D eigenvalue weighted by molar-refractivity contribution is -0.942. The standard InChI is InChI=1S/C21H25N.ClH/c1-16-20(2)19(18-12-8-5-9-13-18)15-22(21(16,20)3)14-17-10-6-4-7-11-17;/h4-13,16,19H,14-15H2,1-3H3;1H/t16-,19+,20-,21-;/m1./s1. The van der Waals surface area contributed by atoms with Crippen LogP contribution in [0.25, 0.3) is 0 Å². The van der Waals surface area contributed by atoms with Crippen molar-refractivity contribution in [3.63, 3.8) is 0 Å². The van der Waals surface area contributed by atoms with E-state index in [1.165, 1.54) is 17.7 Å². The zero-order valence-corrected chi connectivity index (χ0v) is 15.0. The quantitative estimate of drug-likeness (QED) is 0.826. The molecule has 0 amide bonds. The van der Waals surface area contributed by atoms with E-state index >= 15 is 0 Å². The number of benzene rings is 2. The van der Waals surface area contributed by atoms with Gasteiger partial charge in [0, 0.05) is 22.8 Å². The number of fused-ring (bicyclic) bond motifs is 1. The minimum atomic E-state index is 0. The zero-order chi connectivity index (χ0) is 15.4.